The summed E-state index contributed by atoms with van der Waals surface area (Å²) in [5, 5.41) is 4.88. The van der Waals surface area contributed by atoms with Crippen LogP contribution in [-0.4, -0.2) is 25.7 Å². The zero-order chi connectivity index (χ0) is 16.5. The van der Waals surface area contributed by atoms with E-state index in [1.807, 2.05) is 43.3 Å². The highest BCUT2D eigenvalue weighted by atomic mass is 16.2. The number of aromatic nitrogens is 4. The van der Waals surface area contributed by atoms with Gasteiger partial charge in [-0.25, -0.2) is 9.67 Å². The predicted octanol–water partition coefficient (Wildman–Crippen LogP) is 3.49. The van der Waals surface area contributed by atoms with Gasteiger partial charge in [0.15, 0.2) is 0 Å². The number of hydrogen-bond donors (Lipinski definition) is 0. The third kappa shape index (κ3) is 2.46. The number of fused-ring (bicyclic) bond motifs is 1. The van der Waals surface area contributed by atoms with Crippen LogP contribution in [0, 0.1) is 6.92 Å². The number of hydrogen-bond acceptors (Lipinski definition) is 4. The molecule has 4 aromatic rings. The molecule has 0 saturated carbocycles. The van der Waals surface area contributed by atoms with Crippen LogP contribution in [0.15, 0.2) is 67.3 Å². The molecule has 5 heteroatoms. The van der Waals surface area contributed by atoms with Crippen LogP contribution in [-0.2, 0) is 0 Å². The number of aryl methyl sites for hydroxylation is 1. The summed E-state index contributed by atoms with van der Waals surface area (Å²) in [4.78, 5) is 21.7. The molecule has 4 rings (SSSR count). The molecule has 0 aliphatic carbocycles. The molecule has 3 heterocycles. The van der Waals surface area contributed by atoms with E-state index in [9.17, 15) is 4.79 Å². The lowest BCUT2D eigenvalue weighted by Gasteiger charge is -2.10. The molecule has 5 nitrogen and oxygen atoms in total. The van der Waals surface area contributed by atoms with Crippen LogP contribution >= 0.6 is 0 Å². The van der Waals surface area contributed by atoms with Gasteiger partial charge in [0.2, 0.25) is 0 Å². The lowest BCUT2D eigenvalue weighted by Crippen LogP contribution is -2.13. The molecule has 0 atom stereocenters. The molecule has 0 N–H and O–H groups in total. The molecule has 0 bridgehead atoms. The first-order valence-electron chi connectivity index (χ1n) is 7.58. The molecular formula is C19H14N4O. The first kappa shape index (κ1) is 14.3. The Morgan fingerprint density at radius 3 is 2.75 bits per heavy atom. The summed E-state index contributed by atoms with van der Waals surface area (Å²) in [6, 6.07) is 13.2. The Kier molecular flexibility index (Phi) is 3.39. The highest BCUT2D eigenvalue weighted by Gasteiger charge is 2.16. The Hall–Kier alpha value is -3.34. The summed E-state index contributed by atoms with van der Waals surface area (Å²) in [6.07, 6.45) is 6.69. The molecule has 0 fully saturated rings. The fourth-order valence-corrected chi connectivity index (χ4v) is 2.69. The lowest BCUT2D eigenvalue weighted by atomic mass is 10.0. The maximum atomic E-state index is 12.9. The van der Waals surface area contributed by atoms with E-state index in [2.05, 4.69) is 15.1 Å². The average molecular weight is 314 g/mol. The smallest absolute Gasteiger partial charge is 0.267 e. The van der Waals surface area contributed by atoms with E-state index >= 15 is 0 Å². The van der Waals surface area contributed by atoms with Crippen LogP contribution in [0.5, 0.6) is 0 Å². The Balaban J connectivity index is 1.98. The Morgan fingerprint density at radius 2 is 2.00 bits per heavy atom. The summed E-state index contributed by atoms with van der Waals surface area (Å²) in [6.45, 7) is 2.00. The number of benzene rings is 1. The van der Waals surface area contributed by atoms with Crippen LogP contribution < -0.4 is 0 Å². The van der Waals surface area contributed by atoms with Crippen molar-refractivity contribution in [3.05, 3.63) is 78.4 Å². The number of carbonyl (C=O) groups excluding carboxylic acids is 1. The molecule has 0 unspecified atom stereocenters. The van der Waals surface area contributed by atoms with Gasteiger partial charge in [-0.3, -0.25) is 9.78 Å². The van der Waals surface area contributed by atoms with Crippen molar-refractivity contribution in [2.24, 2.45) is 0 Å². The van der Waals surface area contributed by atoms with Gasteiger partial charge in [0, 0.05) is 35.7 Å². The lowest BCUT2D eigenvalue weighted by molar-refractivity contribution is 0.0946. The van der Waals surface area contributed by atoms with Crippen molar-refractivity contribution in [1.29, 1.82) is 0 Å². The van der Waals surface area contributed by atoms with Crippen molar-refractivity contribution < 1.29 is 4.79 Å². The standard InChI is InChI=1S/C19H14N4O/c1-13-5-6-17-15(10-13)16(19(24)23-9-3-8-21-23)11-18(22-17)14-4-2-7-20-12-14/h2-12H,1H3. The maximum absolute atomic E-state index is 12.9. The molecule has 24 heavy (non-hydrogen) atoms. The van der Waals surface area contributed by atoms with Gasteiger partial charge in [0.1, 0.15) is 0 Å². The van der Waals surface area contributed by atoms with Crippen molar-refractivity contribution >= 4 is 16.8 Å². The largest absolute Gasteiger partial charge is 0.278 e. The van der Waals surface area contributed by atoms with Crippen molar-refractivity contribution in [2.75, 3.05) is 0 Å². The molecule has 0 spiro atoms. The van der Waals surface area contributed by atoms with E-state index in [1.165, 1.54) is 4.68 Å². The van der Waals surface area contributed by atoms with E-state index in [4.69, 9.17) is 0 Å². The number of rotatable bonds is 2. The SMILES string of the molecule is Cc1ccc2nc(-c3cccnc3)cc(C(=O)n3cccn3)c2c1. The Bertz CT molecular complexity index is 1020. The minimum absolute atomic E-state index is 0.178. The van der Waals surface area contributed by atoms with Gasteiger partial charge in [0.05, 0.1) is 16.8 Å². The average Bonchev–Trinajstić information content (AvgIpc) is 3.15. The minimum atomic E-state index is -0.178. The monoisotopic (exact) mass is 314 g/mol. The second-order valence-electron chi connectivity index (χ2n) is 5.57. The van der Waals surface area contributed by atoms with Crippen LogP contribution in [0.3, 0.4) is 0 Å². The van der Waals surface area contributed by atoms with Gasteiger partial charge < -0.3 is 0 Å². The van der Waals surface area contributed by atoms with E-state index in [0.717, 1.165) is 27.7 Å². The fourth-order valence-electron chi connectivity index (χ4n) is 2.69. The first-order chi connectivity index (χ1) is 11.7. The topological polar surface area (TPSA) is 60.7 Å². The van der Waals surface area contributed by atoms with Crippen molar-refractivity contribution in [1.82, 2.24) is 19.7 Å². The third-order valence-corrected chi connectivity index (χ3v) is 3.86. The van der Waals surface area contributed by atoms with Gasteiger partial charge in [-0.15, -0.1) is 0 Å². The summed E-state index contributed by atoms with van der Waals surface area (Å²) in [7, 11) is 0. The maximum Gasteiger partial charge on any atom is 0.278 e. The molecule has 3 aromatic heterocycles. The Labute approximate surface area is 138 Å². The Morgan fingerprint density at radius 1 is 1.08 bits per heavy atom. The summed E-state index contributed by atoms with van der Waals surface area (Å²) < 4.78 is 1.34. The zero-order valence-corrected chi connectivity index (χ0v) is 13.0. The molecule has 0 amide bonds. The van der Waals surface area contributed by atoms with Crippen LogP contribution in [0.2, 0.25) is 0 Å². The van der Waals surface area contributed by atoms with E-state index in [1.54, 1.807) is 30.9 Å². The van der Waals surface area contributed by atoms with Gasteiger partial charge in [-0.1, -0.05) is 11.6 Å². The van der Waals surface area contributed by atoms with Gasteiger partial charge in [0.25, 0.3) is 5.91 Å². The van der Waals surface area contributed by atoms with E-state index in [-0.39, 0.29) is 5.91 Å². The van der Waals surface area contributed by atoms with Crippen LogP contribution in [0.1, 0.15) is 15.9 Å². The number of pyridine rings is 2. The van der Waals surface area contributed by atoms with Crippen molar-refractivity contribution in [2.45, 2.75) is 6.92 Å². The van der Waals surface area contributed by atoms with Gasteiger partial charge in [-0.2, -0.15) is 5.10 Å². The third-order valence-electron chi connectivity index (χ3n) is 3.86. The minimum Gasteiger partial charge on any atom is -0.267 e. The fraction of sp³-hybridized carbons (Fsp3) is 0.0526. The highest BCUT2D eigenvalue weighted by molar-refractivity contribution is 6.07. The van der Waals surface area contributed by atoms with Crippen LogP contribution in [0.4, 0.5) is 0 Å². The van der Waals surface area contributed by atoms with Crippen molar-refractivity contribution in [3.8, 4) is 11.3 Å². The molecular weight excluding hydrogens is 300 g/mol. The van der Waals surface area contributed by atoms with Gasteiger partial charge >= 0.3 is 0 Å². The quantitative estimate of drug-likeness (QED) is 0.568. The summed E-state index contributed by atoms with van der Waals surface area (Å²) in [5.74, 6) is -0.178. The predicted molar refractivity (Wildman–Crippen MR) is 91.7 cm³/mol. The van der Waals surface area contributed by atoms with E-state index < -0.39 is 0 Å². The molecule has 116 valence electrons. The normalized spacial score (nSPS) is 10.9. The highest BCUT2D eigenvalue weighted by Crippen LogP contribution is 2.25. The number of nitrogens with zero attached hydrogens (tertiary/aromatic N) is 4. The molecule has 1 aromatic carbocycles. The summed E-state index contributed by atoms with van der Waals surface area (Å²) in [5.41, 5.74) is 4.01. The number of carbonyl (C=O) groups is 1. The van der Waals surface area contributed by atoms with Crippen LogP contribution in [0.25, 0.3) is 22.2 Å². The summed E-state index contributed by atoms with van der Waals surface area (Å²) >= 11 is 0. The second kappa shape index (κ2) is 5.70. The molecule has 0 radical (unpaired) electrons. The first-order valence-corrected chi connectivity index (χ1v) is 7.58. The zero-order valence-electron chi connectivity index (χ0n) is 13.0. The van der Waals surface area contributed by atoms with Crippen molar-refractivity contribution in [3.63, 3.8) is 0 Å². The molecule has 0 aliphatic rings. The van der Waals surface area contributed by atoms with E-state index in [0.29, 0.717) is 5.56 Å². The molecule has 0 saturated heterocycles. The van der Waals surface area contributed by atoms with Gasteiger partial charge in [-0.05, 0) is 43.3 Å². The molecule has 0 aliphatic heterocycles. The second-order valence-corrected chi connectivity index (χ2v) is 5.57.